The Morgan fingerprint density at radius 3 is 2.76 bits per heavy atom. The smallest absolute Gasteiger partial charge is 0.262 e. The Hall–Kier alpha value is -1.01. The second kappa shape index (κ2) is 9.08. The van der Waals surface area contributed by atoms with E-state index in [2.05, 4.69) is 11.4 Å². The molecule has 0 radical (unpaired) electrons. The van der Waals surface area contributed by atoms with Crippen LogP contribution in [-0.2, 0) is 4.79 Å². The summed E-state index contributed by atoms with van der Waals surface area (Å²) in [4.78, 5) is 12.1. The molecule has 3 rings (SSSR count). The van der Waals surface area contributed by atoms with E-state index in [-0.39, 0.29) is 12.5 Å². The number of nitrogens with one attached hydrogen (secondary N) is 1. The molecule has 2 aromatic rings. The molecule has 132 valence electrons. The summed E-state index contributed by atoms with van der Waals surface area (Å²) < 4.78 is 5.90. The zero-order valence-electron chi connectivity index (χ0n) is 13.3. The maximum atomic E-state index is 12.1. The number of amides is 1. The number of anilines is 1. The highest BCUT2D eigenvalue weighted by molar-refractivity contribution is 8.16. The van der Waals surface area contributed by atoms with Crippen LogP contribution in [0.1, 0.15) is 16.6 Å². The Bertz CT molecular complexity index is 752. The molecule has 0 saturated carbocycles. The highest BCUT2D eigenvalue weighted by Crippen LogP contribution is 2.44. The first-order chi connectivity index (χ1) is 12.1. The van der Waals surface area contributed by atoms with Gasteiger partial charge in [0.2, 0.25) is 0 Å². The molecule has 0 bridgehead atoms. The number of carbonyl (C=O) groups is 1. The van der Waals surface area contributed by atoms with Crippen molar-refractivity contribution in [1.82, 2.24) is 0 Å². The highest BCUT2D eigenvalue weighted by Gasteiger charge is 2.17. The summed E-state index contributed by atoms with van der Waals surface area (Å²) in [5.41, 5.74) is 2.00. The van der Waals surface area contributed by atoms with Crippen molar-refractivity contribution < 1.29 is 9.53 Å². The fourth-order valence-corrected chi connectivity index (χ4v) is 5.58. The van der Waals surface area contributed by atoms with E-state index >= 15 is 0 Å². The van der Waals surface area contributed by atoms with Gasteiger partial charge in [0.25, 0.3) is 5.91 Å². The molecule has 7 heteroatoms. The van der Waals surface area contributed by atoms with Gasteiger partial charge < -0.3 is 10.1 Å². The minimum atomic E-state index is -0.239. The fourth-order valence-electron chi connectivity index (χ4n) is 2.37. The summed E-state index contributed by atoms with van der Waals surface area (Å²) in [6.07, 6.45) is 1.26. The van der Waals surface area contributed by atoms with E-state index in [0.717, 1.165) is 5.69 Å². The van der Waals surface area contributed by atoms with E-state index in [4.69, 9.17) is 27.9 Å². The third kappa shape index (κ3) is 5.48. The quantitative estimate of drug-likeness (QED) is 0.663. The predicted octanol–water partition coefficient (Wildman–Crippen LogP) is 5.88. The van der Waals surface area contributed by atoms with Crippen molar-refractivity contribution in [2.24, 2.45) is 0 Å². The van der Waals surface area contributed by atoms with Gasteiger partial charge in [0, 0.05) is 16.8 Å². The molecule has 0 atom stereocenters. The Morgan fingerprint density at radius 1 is 1.16 bits per heavy atom. The van der Waals surface area contributed by atoms with E-state index < -0.39 is 0 Å². The largest absolute Gasteiger partial charge is 0.482 e. The number of rotatable bonds is 5. The van der Waals surface area contributed by atoms with Crippen LogP contribution in [0.15, 0.2) is 42.5 Å². The molecule has 1 N–H and O–H groups in total. The van der Waals surface area contributed by atoms with Gasteiger partial charge in [-0.2, -0.15) is 0 Å². The minimum Gasteiger partial charge on any atom is -0.482 e. The number of ether oxygens (including phenoxy) is 1. The summed E-state index contributed by atoms with van der Waals surface area (Å²) >= 11 is 15.8. The zero-order chi connectivity index (χ0) is 17.6. The Balaban J connectivity index is 1.58. The van der Waals surface area contributed by atoms with Crippen molar-refractivity contribution in [3.8, 4) is 5.75 Å². The van der Waals surface area contributed by atoms with Crippen molar-refractivity contribution in [3.63, 3.8) is 0 Å². The van der Waals surface area contributed by atoms with E-state index in [1.807, 2.05) is 41.7 Å². The molecule has 25 heavy (non-hydrogen) atoms. The summed E-state index contributed by atoms with van der Waals surface area (Å²) in [7, 11) is 0. The van der Waals surface area contributed by atoms with Crippen LogP contribution in [0.3, 0.4) is 0 Å². The molecule has 2 aromatic carbocycles. The van der Waals surface area contributed by atoms with Crippen LogP contribution in [0.5, 0.6) is 5.75 Å². The third-order valence-electron chi connectivity index (χ3n) is 3.52. The predicted molar refractivity (Wildman–Crippen MR) is 109 cm³/mol. The lowest BCUT2D eigenvalue weighted by Crippen LogP contribution is -2.20. The summed E-state index contributed by atoms with van der Waals surface area (Å²) in [5.74, 6) is 2.52. The first-order valence-electron chi connectivity index (χ1n) is 7.83. The molecular formula is C18H17Cl2NO2S2. The zero-order valence-corrected chi connectivity index (χ0v) is 16.5. The van der Waals surface area contributed by atoms with Crippen LogP contribution < -0.4 is 10.1 Å². The summed E-state index contributed by atoms with van der Waals surface area (Å²) in [5, 5.41) is 3.80. The lowest BCUT2D eigenvalue weighted by Gasteiger charge is -2.21. The first kappa shape index (κ1) is 18.8. The van der Waals surface area contributed by atoms with E-state index in [9.17, 15) is 4.79 Å². The molecule has 1 saturated heterocycles. The van der Waals surface area contributed by atoms with Crippen LogP contribution in [0.4, 0.5) is 5.69 Å². The number of hydrogen-bond acceptors (Lipinski definition) is 4. The third-order valence-corrected chi connectivity index (χ3v) is 7.08. The van der Waals surface area contributed by atoms with E-state index in [0.29, 0.717) is 20.4 Å². The molecule has 1 aliphatic heterocycles. The van der Waals surface area contributed by atoms with Gasteiger partial charge in [-0.1, -0.05) is 35.3 Å². The lowest BCUT2D eigenvalue weighted by molar-refractivity contribution is -0.118. The van der Waals surface area contributed by atoms with Gasteiger partial charge in [0.05, 0.1) is 9.60 Å². The molecule has 0 unspecified atom stereocenters. The van der Waals surface area contributed by atoms with Crippen LogP contribution >= 0.6 is 46.7 Å². The van der Waals surface area contributed by atoms with Crippen molar-refractivity contribution >= 4 is 58.3 Å². The molecular weight excluding hydrogens is 397 g/mol. The van der Waals surface area contributed by atoms with Gasteiger partial charge in [-0.05, 0) is 47.8 Å². The SMILES string of the molecule is O=C(COc1cc(Cl)ccc1Cl)Nc1cccc(C2SCCCS2)c1. The van der Waals surface area contributed by atoms with Crippen molar-refractivity contribution in [2.45, 2.75) is 11.0 Å². The Morgan fingerprint density at radius 2 is 1.96 bits per heavy atom. The van der Waals surface area contributed by atoms with Crippen LogP contribution in [0, 0.1) is 0 Å². The van der Waals surface area contributed by atoms with Crippen molar-refractivity contribution in [3.05, 3.63) is 58.1 Å². The van der Waals surface area contributed by atoms with Gasteiger partial charge in [0.1, 0.15) is 5.75 Å². The number of thioether (sulfide) groups is 2. The molecule has 1 aliphatic rings. The topological polar surface area (TPSA) is 38.3 Å². The van der Waals surface area contributed by atoms with Gasteiger partial charge >= 0.3 is 0 Å². The molecule has 0 spiro atoms. The molecule has 1 fully saturated rings. The average molecular weight is 414 g/mol. The minimum absolute atomic E-state index is 0.128. The normalized spacial score (nSPS) is 15.0. The van der Waals surface area contributed by atoms with Gasteiger partial charge in [0.15, 0.2) is 6.61 Å². The van der Waals surface area contributed by atoms with Crippen molar-refractivity contribution in [2.75, 3.05) is 23.4 Å². The molecule has 1 heterocycles. The number of halogens is 2. The fraction of sp³-hybridized carbons (Fsp3) is 0.278. The van der Waals surface area contributed by atoms with Gasteiger partial charge in [-0.3, -0.25) is 4.79 Å². The second-order valence-electron chi connectivity index (χ2n) is 5.46. The highest BCUT2D eigenvalue weighted by atomic mass is 35.5. The second-order valence-corrected chi connectivity index (χ2v) is 9.03. The van der Waals surface area contributed by atoms with Crippen molar-refractivity contribution in [1.29, 1.82) is 0 Å². The molecule has 3 nitrogen and oxygen atoms in total. The number of benzene rings is 2. The number of carbonyl (C=O) groups excluding carboxylic acids is 1. The summed E-state index contributed by atoms with van der Waals surface area (Å²) in [6, 6.07) is 12.9. The van der Waals surface area contributed by atoms with E-state index in [1.54, 1.807) is 18.2 Å². The summed E-state index contributed by atoms with van der Waals surface area (Å²) in [6.45, 7) is -0.128. The van der Waals surface area contributed by atoms with Crippen LogP contribution in [0.2, 0.25) is 10.0 Å². The van der Waals surface area contributed by atoms with Crippen LogP contribution in [0.25, 0.3) is 0 Å². The standard InChI is InChI=1S/C18H17Cl2NO2S2/c19-13-5-6-15(20)16(10-13)23-11-17(22)21-14-4-1-3-12(9-14)18-24-7-2-8-25-18/h1,3-6,9-10,18H,2,7-8,11H2,(H,21,22). The molecule has 1 amide bonds. The first-order valence-corrected chi connectivity index (χ1v) is 10.7. The molecule has 0 aromatic heterocycles. The maximum absolute atomic E-state index is 12.1. The van der Waals surface area contributed by atoms with E-state index in [1.165, 1.54) is 23.5 Å². The molecule has 0 aliphatic carbocycles. The average Bonchev–Trinajstić information content (AvgIpc) is 2.63. The Labute approximate surface area is 165 Å². The van der Waals surface area contributed by atoms with Gasteiger partial charge in [-0.15, -0.1) is 23.5 Å². The van der Waals surface area contributed by atoms with Gasteiger partial charge in [-0.25, -0.2) is 0 Å². The maximum Gasteiger partial charge on any atom is 0.262 e. The number of hydrogen-bond donors (Lipinski definition) is 1. The monoisotopic (exact) mass is 413 g/mol. The Kier molecular flexibility index (Phi) is 6.82. The van der Waals surface area contributed by atoms with Crippen LogP contribution in [-0.4, -0.2) is 24.0 Å². The lowest BCUT2D eigenvalue weighted by atomic mass is 10.2.